The second kappa shape index (κ2) is 1.72. The zero-order valence-corrected chi connectivity index (χ0v) is 9.24. The van der Waals surface area contributed by atoms with E-state index in [9.17, 15) is 0 Å². The lowest BCUT2D eigenvalue weighted by Crippen LogP contribution is -2.30. The Balaban J connectivity index is 1.63. The summed E-state index contributed by atoms with van der Waals surface area (Å²) in [5.74, 6) is 9.52. The highest BCUT2D eigenvalue weighted by atomic mass is 14.8. The molecule has 0 aromatic heterocycles. The molecule has 0 heteroatoms. The maximum absolute atomic E-state index is 2.65. The fourth-order valence-electron chi connectivity index (χ4n) is 6.70. The molecule has 0 aromatic rings. The van der Waals surface area contributed by atoms with E-state index < -0.39 is 0 Å². The van der Waals surface area contributed by atoms with Crippen molar-refractivity contribution in [1.82, 2.24) is 0 Å². The molecular weight excluding hydrogens is 168 g/mol. The van der Waals surface area contributed by atoms with Crippen LogP contribution >= 0.6 is 0 Å². The highest BCUT2D eigenvalue weighted by Crippen LogP contribution is 2.83. The molecule has 5 aliphatic rings. The standard InChI is InChI=1S/C14H20/c1-6-7-3-11-13(12(6)7)9-5-14(11,2)10-4-8(9)10/h6-13H,3-5H2,1-2H3. The van der Waals surface area contributed by atoms with E-state index in [1.807, 2.05) is 0 Å². The molecule has 5 rings (SSSR count). The molecule has 0 radical (unpaired) electrons. The van der Waals surface area contributed by atoms with Crippen molar-refractivity contribution >= 4 is 0 Å². The zero-order valence-electron chi connectivity index (χ0n) is 9.24. The molecule has 5 fully saturated rings. The Hall–Kier alpha value is 0. The van der Waals surface area contributed by atoms with E-state index >= 15 is 0 Å². The molecule has 5 aliphatic carbocycles. The molecule has 0 nitrogen and oxygen atoms in total. The summed E-state index contributed by atoms with van der Waals surface area (Å²) in [4.78, 5) is 0. The van der Waals surface area contributed by atoms with Crippen LogP contribution in [0.5, 0.6) is 0 Å². The van der Waals surface area contributed by atoms with Gasteiger partial charge in [-0.05, 0) is 72.0 Å². The van der Waals surface area contributed by atoms with Crippen molar-refractivity contribution in [2.24, 2.45) is 52.8 Å². The highest BCUT2D eigenvalue weighted by molar-refractivity contribution is 5.25. The van der Waals surface area contributed by atoms with Gasteiger partial charge in [0.25, 0.3) is 0 Å². The molecule has 0 aromatic carbocycles. The molecular formula is C14H20. The Morgan fingerprint density at radius 3 is 2.57 bits per heavy atom. The van der Waals surface area contributed by atoms with Crippen molar-refractivity contribution < 1.29 is 0 Å². The molecule has 0 spiro atoms. The number of hydrogen-bond acceptors (Lipinski definition) is 0. The number of hydrogen-bond donors (Lipinski definition) is 0. The van der Waals surface area contributed by atoms with Crippen molar-refractivity contribution in [3.8, 4) is 0 Å². The Morgan fingerprint density at radius 1 is 0.929 bits per heavy atom. The third kappa shape index (κ3) is 0.517. The second-order valence-electron chi connectivity index (χ2n) is 7.40. The van der Waals surface area contributed by atoms with Gasteiger partial charge < -0.3 is 0 Å². The lowest BCUT2D eigenvalue weighted by atomic mass is 9.70. The van der Waals surface area contributed by atoms with Crippen molar-refractivity contribution in [1.29, 1.82) is 0 Å². The fourth-order valence-corrected chi connectivity index (χ4v) is 6.70. The first kappa shape index (κ1) is 7.30. The second-order valence-corrected chi connectivity index (χ2v) is 7.40. The van der Waals surface area contributed by atoms with Gasteiger partial charge in [0.05, 0.1) is 0 Å². The molecule has 76 valence electrons. The lowest BCUT2D eigenvalue weighted by Gasteiger charge is -2.35. The zero-order chi connectivity index (χ0) is 9.24. The van der Waals surface area contributed by atoms with Crippen molar-refractivity contribution in [2.75, 3.05) is 0 Å². The maximum Gasteiger partial charge on any atom is -0.0261 e. The van der Waals surface area contributed by atoms with Crippen LogP contribution in [-0.4, -0.2) is 0 Å². The minimum absolute atomic E-state index is 0.840. The highest BCUT2D eigenvalue weighted by Gasteiger charge is 2.77. The molecule has 2 bridgehead atoms. The summed E-state index contributed by atoms with van der Waals surface area (Å²) in [5, 5.41) is 0. The van der Waals surface area contributed by atoms with Crippen LogP contribution in [0.15, 0.2) is 0 Å². The summed E-state index contributed by atoms with van der Waals surface area (Å²) in [5.41, 5.74) is 0.840. The maximum atomic E-state index is 2.65. The minimum Gasteiger partial charge on any atom is -0.0619 e. The van der Waals surface area contributed by atoms with Gasteiger partial charge in [0.2, 0.25) is 0 Å². The molecule has 0 N–H and O–H groups in total. The van der Waals surface area contributed by atoms with E-state index in [1.54, 1.807) is 19.3 Å². The molecule has 0 amide bonds. The van der Waals surface area contributed by atoms with Gasteiger partial charge in [-0.25, -0.2) is 0 Å². The number of rotatable bonds is 0. The summed E-state index contributed by atoms with van der Waals surface area (Å²) in [6.07, 6.45) is 4.89. The first-order chi connectivity index (χ1) is 6.72. The van der Waals surface area contributed by atoms with E-state index in [1.165, 1.54) is 41.4 Å². The van der Waals surface area contributed by atoms with E-state index in [4.69, 9.17) is 0 Å². The van der Waals surface area contributed by atoms with Crippen molar-refractivity contribution in [3.05, 3.63) is 0 Å². The van der Waals surface area contributed by atoms with Crippen molar-refractivity contribution in [3.63, 3.8) is 0 Å². The molecule has 5 saturated carbocycles. The Kier molecular flexibility index (Phi) is 0.897. The molecule has 9 unspecified atom stereocenters. The molecule has 9 atom stereocenters. The average Bonchev–Trinajstić information content (AvgIpc) is 2.92. The van der Waals surface area contributed by atoms with Gasteiger partial charge >= 0.3 is 0 Å². The topological polar surface area (TPSA) is 0 Å². The van der Waals surface area contributed by atoms with Crippen LogP contribution in [0, 0.1) is 52.8 Å². The number of fused-ring (bicyclic) bond motifs is 10. The normalized spacial score (nSPS) is 81.0. The van der Waals surface area contributed by atoms with Crippen molar-refractivity contribution in [2.45, 2.75) is 33.1 Å². The van der Waals surface area contributed by atoms with Gasteiger partial charge in [-0.1, -0.05) is 13.8 Å². The predicted octanol–water partition coefficient (Wildman–Crippen LogP) is 3.18. The van der Waals surface area contributed by atoms with Gasteiger partial charge in [0.15, 0.2) is 0 Å². The van der Waals surface area contributed by atoms with Gasteiger partial charge in [-0.3, -0.25) is 0 Å². The quantitative estimate of drug-likeness (QED) is 0.547. The largest absolute Gasteiger partial charge is 0.0619 e. The first-order valence-corrected chi connectivity index (χ1v) is 6.72. The fraction of sp³-hybridized carbons (Fsp3) is 1.00. The van der Waals surface area contributed by atoms with E-state index in [2.05, 4.69) is 13.8 Å². The van der Waals surface area contributed by atoms with E-state index in [0.717, 1.165) is 11.3 Å². The van der Waals surface area contributed by atoms with Crippen LogP contribution in [0.4, 0.5) is 0 Å². The van der Waals surface area contributed by atoms with E-state index in [0.29, 0.717) is 0 Å². The van der Waals surface area contributed by atoms with Gasteiger partial charge in [0, 0.05) is 0 Å². The van der Waals surface area contributed by atoms with Crippen LogP contribution in [0.1, 0.15) is 33.1 Å². The summed E-state index contributed by atoms with van der Waals surface area (Å²) >= 11 is 0. The summed E-state index contributed by atoms with van der Waals surface area (Å²) in [6.45, 7) is 5.17. The first-order valence-electron chi connectivity index (χ1n) is 6.72. The van der Waals surface area contributed by atoms with Crippen LogP contribution in [-0.2, 0) is 0 Å². The lowest BCUT2D eigenvalue weighted by molar-refractivity contribution is 0.129. The third-order valence-corrected chi connectivity index (χ3v) is 7.32. The summed E-state index contributed by atoms with van der Waals surface area (Å²) < 4.78 is 0. The average molecular weight is 188 g/mol. The Labute approximate surface area is 86.5 Å². The van der Waals surface area contributed by atoms with Gasteiger partial charge in [-0.15, -0.1) is 0 Å². The minimum atomic E-state index is 0.840. The third-order valence-electron chi connectivity index (χ3n) is 7.32. The Morgan fingerprint density at radius 2 is 1.71 bits per heavy atom. The van der Waals surface area contributed by atoms with Crippen LogP contribution < -0.4 is 0 Å². The van der Waals surface area contributed by atoms with Gasteiger partial charge in [-0.2, -0.15) is 0 Å². The predicted molar refractivity (Wildman–Crippen MR) is 55.6 cm³/mol. The monoisotopic (exact) mass is 188 g/mol. The molecule has 0 heterocycles. The van der Waals surface area contributed by atoms with E-state index in [-0.39, 0.29) is 0 Å². The molecule has 0 saturated heterocycles. The van der Waals surface area contributed by atoms with Crippen LogP contribution in [0.3, 0.4) is 0 Å². The summed E-state index contributed by atoms with van der Waals surface area (Å²) in [6, 6.07) is 0. The van der Waals surface area contributed by atoms with Crippen LogP contribution in [0.25, 0.3) is 0 Å². The Bertz CT molecular complexity index is 333. The molecule has 0 aliphatic heterocycles. The van der Waals surface area contributed by atoms with Gasteiger partial charge in [0.1, 0.15) is 0 Å². The molecule has 14 heavy (non-hydrogen) atoms. The van der Waals surface area contributed by atoms with Crippen LogP contribution in [0.2, 0.25) is 0 Å². The SMILES string of the molecule is CC1C2CC3C(C4CC3(C)C3CC43)C12. The smallest absolute Gasteiger partial charge is 0.0261 e. The summed E-state index contributed by atoms with van der Waals surface area (Å²) in [7, 11) is 0.